The van der Waals surface area contributed by atoms with Crippen LogP contribution in [0.2, 0.25) is 0 Å². The first-order valence-electron chi connectivity index (χ1n) is 5.91. The van der Waals surface area contributed by atoms with Crippen LogP contribution >= 0.6 is 0 Å². The molecule has 1 aliphatic carbocycles. The van der Waals surface area contributed by atoms with Gasteiger partial charge < -0.3 is 5.32 Å². The van der Waals surface area contributed by atoms with E-state index in [9.17, 15) is 0 Å². The molecule has 2 unspecified atom stereocenters. The van der Waals surface area contributed by atoms with E-state index in [1.807, 2.05) is 0 Å². The lowest BCUT2D eigenvalue weighted by atomic mass is 9.66. The van der Waals surface area contributed by atoms with E-state index in [1.54, 1.807) is 0 Å². The predicted octanol–water partition coefficient (Wildman–Crippen LogP) is 2.95. The SMILES string of the molecule is CC1CCC(CC2(C)CCC2)NC1. The highest BCUT2D eigenvalue weighted by Gasteiger charge is 2.34. The number of nitrogens with one attached hydrogen (secondary N) is 1. The standard InChI is InChI=1S/C12H23N/c1-10-4-5-11(13-9-10)8-12(2)6-3-7-12/h10-11,13H,3-9H2,1-2H3. The van der Waals surface area contributed by atoms with Crippen LogP contribution in [0.4, 0.5) is 0 Å². The van der Waals surface area contributed by atoms with Gasteiger partial charge in [-0.15, -0.1) is 0 Å². The molecule has 0 spiro atoms. The highest BCUT2D eigenvalue weighted by atomic mass is 14.9. The molecule has 0 radical (unpaired) electrons. The maximum atomic E-state index is 3.69. The van der Waals surface area contributed by atoms with Crippen molar-refractivity contribution in [3.8, 4) is 0 Å². The average molecular weight is 181 g/mol. The highest BCUT2D eigenvalue weighted by molar-refractivity contribution is 4.89. The number of rotatable bonds is 2. The minimum Gasteiger partial charge on any atom is -0.314 e. The van der Waals surface area contributed by atoms with Gasteiger partial charge in [-0.25, -0.2) is 0 Å². The molecule has 0 aromatic carbocycles. The fourth-order valence-corrected chi connectivity index (χ4v) is 2.81. The summed E-state index contributed by atoms with van der Waals surface area (Å²) in [4.78, 5) is 0. The molecule has 0 amide bonds. The summed E-state index contributed by atoms with van der Waals surface area (Å²) in [7, 11) is 0. The lowest BCUT2D eigenvalue weighted by molar-refractivity contribution is 0.114. The summed E-state index contributed by atoms with van der Waals surface area (Å²) in [6, 6.07) is 0.835. The molecule has 1 saturated heterocycles. The van der Waals surface area contributed by atoms with Crippen LogP contribution in [0.3, 0.4) is 0 Å². The fraction of sp³-hybridized carbons (Fsp3) is 1.00. The van der Waals surface area contributed by atoms with Gasteiger partial charge in [-0.2, -0.15) is 0 Å². The van der Waals surface area contributed by atoms with E-state index in [2.05, 4.69) is 19.2 Å². The Morgan fingerprint density at radius 2 is 2.08 bits per heavy atom. The maximum absolute atomic E-state index is 3.69. The van der Waals surface area contributed by atoms with E-state index in [0.29, 0.717) is 5.41 Å². The smallest absolute Gasteiger partial charge is 0.00724 e. The Hall–Kier alpha value is -0.0400. The average Bonchev–Trinajstić information content (AvgIpc) is 2.06. The van der Waals surface area contributed by atoms with Crippen LogP contribution in [0.25, 0.3) is 0 Å². The monoisotopic (exact) mass is 181 g/mol. The number of hydrogen-bond acceptors (Lipinski definition) is 1. The minimum atomic E-state index is 0.707. The number of hydrogen-bond donors (Lipinski definition) is 1. The molecule has 1 aliphatic heterocycles. The van der Waals surface area contributed by atoms with Crippen LogP contribution in [0.15, 0.2) is 0 Å². The maximum Gasteiger partial charge on any atom is 0.00724 e. The van der Waals surface area contributed by atoms with Gasteiger partial charge in [-0.3, -0.25) is 0 Å². The van der Waals surface area contributed by atoms with Crippen molar-refractivity contribution in [2.24, 2.45) is 11.3 Å². The first-order valence-corrected chi connectivity index (χ1v) is 5.91. The van der Waals surface area contributed by atoms with Gasteiger partial charge in [0.05, 0.1) is 0 Å². The molecule has 1 nitrogen and oxygen atoms in total. The molecule has 76 valence electrons. The van der Waals surface area contributed by atoms with E-state index in [4.69, 9.17) is 0 Å². The molecule has 13 heavy (non-hydrogen) atoms. The predicted molar refractivity (Wildman–Crippen MR) is 56.8 cm³/mol. The molecule has 0 aromatic heterocycles. The van der Waals surface area contributed by atoms with Crippen molar-refractivity contribution in [3.63, 3.8) is 0 Å². The summed E-state index contributed by atoms with van der Waals surface area (Å²) >= 11 is 0. The largest absolute Gasteiger partial charge is 0.314 e. The van der Waals surface area contributed by atoms with Gasteiger partial charge in [0.1, 0.15) is 0 Å². The summed E-state index contributed by atoms with van der Waals surface area (Å²) < 4.78 is 0. The first-order chi connectivity index (χ1) is 6.18. The Morgan fingerprint density at radius 3 is 2.54 bits per heavy atom. The van der Waals surface area contributed by atoms with Gasteiger partial charge in [0, 0.05) is 6.04 Å². The van der Waals surface area contributed by atoms with Gasteiger partial charge >= 0.3 is 0 Å². The quantitative estimate of drug-likeness (QED) is 0.690. The van der Waals surface area contributed by atoms with Crippen LogP contribution < -0.4 is 5.32 Å². The summed E-state index contributed by atoms with van der Waals surface area (Å²) in [6.07, 6.45) is 8.70. The van der Waals surface area contributed by atoms with E-state index < -0.39 is 0 Å². The summed E-state index contributed by atoms with van der Waals surface area (Å²) in [5.41, 5.74) is 0.707. The first kappa shape index (κ1) is 9.51. The zero-order valence-corrected chi connectivity index (χ0v) is 9.10. The second-order valence-corrected chi connectivity index (χ2v) is 5.66. The van der Waals surface area contributed by atoms with E-state index >= 15 is 0 Å². The van der Waals surface area contributed by atoms with Crippen LogP contribution in [-0.2, 0) is 0 Å². The Balaban J connectivity index is 1.76. The van der Waals surface area contributed by atoms with Crippen molar-refractivity contribution in [1.29, 1.82) is 0 Å². The van der Waals surface area contributed by atoms with Crippen LogP contribution in [0.1, 0.15) is 52.4 Å². The molecule has 2 rings (SSSR count). The molecule has 1 heteroatoms. The summed E-state index contributed by atoms with van der Waals surface area (Å²) in [5, 5.41) is 3.69. The highest BCUT2D eigenvalue weighted by Crippen LogP contribution is 2.44. The molecular weight excluding hydrogens is 158 g/mol. The van der Waals surface area contributed by atoms with Crippen molar-refractivity contribution in [2.75, 3.05) is 6.54 Å². The normalized spacial score (nSPS) is 38.3. The Bertz CT molecular complexity index is 164. The Kier molecular flexibility index (Phi) is 2.64. The van der Waals surface area contributed by atoms with Gasteiger partial charge in [0.2, 0.25) is 0 Å². The fourth-order valence-electron chi connectivity index (χ4n) is 2.81. The molecule has 1 saturated carbocycles. The molecule has 2 aliphatic rings. The van der Waals surface area contributed by atoms with Crippen LogP contribution in [0.5, 0.6) is 0 Å². The number of piperidine rings is 1. The third-order valence-corrected chi connectivity index (χ3v) is 4.06. The second-order valence-electron chi connectivity index (χ2n) is 5.66. The molecule has 0 bridgehead atoms. The summed E-state index contributed by atoms with van der Waals surface area (Å²) in [6.45, 7) is 6.07. The summed E-state index contributed by atoms with van der Waals surface area (Å²) in [5.74, 6) is 0.908. The lowest BCUT2D eigenvalue weighted by Crippen LogP contribution is -2.42. The van der Waals surface area contributed by atoms with Crippen molar-refractivity contribution in [3.05, 3.63) is 0 Å². The lowest BCUT2D eigenvalue weighted by Gasteiger charge is -2.42. The van der Waals surface area contributed by atoms with Crippen molar-refractivity contribution >= 4 is 0 Å². The van der Waals surface area contributed by atoms with Crippen molar-refractivity contribution in [2.45, 2.75) is 58.4 Å². The van der Waals surface area contributed by atoms with Gasteiger partial charge in [-0.05, 0) is 50.0 Å². The minimum absolute atomic E-state index is 0.707. The molecule has 1 heterocycles. The van der Waals surface area contributed by atoms with Crippen LogP contribution in [0, 0.1) is 11.3 Å². The van der Waals surface area contributed by atoms with Gasteiger partial charge in [-0.1, -0.05) is 20.3 Å². The van der Waals surface area contributed by atoms with Gasteiger partial charge in [0.15, 0.2) is 0 Å². The van der Waals surface area contributed by atoms with E-state index in [1.165, 1.54) is 45.1 Å². The Morgan fingerprint density at radius 1 is 1.31 bits per heavy atom. The van der Waals surface area contributed by atoms with E-state index in [-0.39, 0.29) is 0 Å². The van der Waals surface area contributed by atoms with Crippen LogP contribution in [-0.4, -0.2) is 12.6 Å². The van der Waals surface area contributed by atoms with E-state index in [0.717, 1.165) is 12.0 Å². The Labute approximate surface area is 82.3 Å². The molecule has 1 N–H and O–H groups in total. The zero-order valence-electron chi connectivity index (χ0n) is 9.10. The molecule has 2 fully saturated rings. The topological polar surface area (TPSA) is 12.0 Å². The van der Waals surface area contributed by atoms with Gasteiger partial charge in [0.25, 0.3) is 0 Å². The second kappa shape index (κ2) is 3.61. The zero-order chi connectivity index (χ0) is 9.31. The molecule has 2 atom stereocenters. The third-order valence-electron chi connectivity index (χ3n) is 4.06. The van der Waals surface area contributed by atoms with Crippen molar-refractivity contribution in [1.82, 2.24) is 5.32 Å². The third kappa shape index (κ3) is 2.25. The molecular formula is C12H23N. The van der Waals surface area contributed by atoms with Crippen molar-refractivity contribution < 1.29 is 0 Å². The molecule has 0 aromatic rings.